The predicted octanol–water partition coefficient (Wildman–Crippen LogP) is 3.84. The van der Waals surface area contributed by atoms with E-state index >= 15 is 0 Å². The monoisotopic (exact) mass is 363 g/mol. The molecule has 0 atom stereocenters. The summed E-state index contributed by atoms with van der Waals surface area (Å²) in [7, 11) is 1.43. The van der Waals surface area contributed by atoms with Gasteiger partial charge in [-0.05, 0) is 24.3 Å². The third kappa shape index (κ3) is 2.52. The normalized spacial score (nSPS) is 14.5. The zero-order valence-corrected chi connectivity index (χ0v) is 13.9. The lowest BCUT2D eigenvalue weighted by Crippen LogP contribution is -2.31. The molecule has 5 nitrogen and oxygen atoms in total. The van der Waals surface area contributed by atoms with E-state index in [0.29, 0.717) is 16.3 Å². The Morgan fingerprint density at radius 2 is 1.75 bits per heavy atom. The molecular formula is C17H11Cl2NO4. The van der Waals surface area contributed by atoms with E-state index in [1.54, 1.807) is 24.3 Å². The van der Waals surface area contributed by atoms with E-state index in [2.05, 4.69) is 0 Å². The van der Waals surface area contributed by atoms with Crippen LogP contribution in [0.2, 0.25) is 10.0 Å². The summed E-state index contributed by atoms with van der Waals surface area (Å²) in [6.45, 7) is 0. The summed E-state index contributed by atoms with van der Waals surface area (Å²) in [5.41, 5.74) is 0.278. The minimum absolute atomic E-state index is 0.107. The molecule has 2 aromatic carbocycles. The van der Waals surface area contributed by atoms with Crippen LogP contribution in [-0.4, -0.2) is 24.0 Å². The summed E-state index contributed by atoms with van der Waals surface area (Å²) in [5, 5.41) is 10.7. The van der Waals surface area contributed by atoms with Crippen molar-refractivity contribution in [1.82, 2.24) is 0 Å². The quantitative estimate of drug-likeness (QED) is 0.841. The van der Waals surface area contributed by atoms with Gasteiger partial charge in [-0.2, -0.15) is 0 Å². The van der Waals surface area contributed by atoms with Gasteiger partial charge in [0.1, 0.15) is 5.75 Å². The molecule has 2 amide bonds. The highest BCUT2D eigenvalue weighted by molar-refractivity contribution is 6.47. The number of ether oxygens (including phenoxy) is 1. The molecule has 0 unspecified atom stereocenters. The van der Waals surface area contributed by atoms with Gasteiger partial charge in [0.05, 0.1) is 23.4 Å². The number of carbonyl (C=O) groups is 2. The zero-order chi connectivity index (χ0) is 17.4. The van der Waals surface area contributed by atoms with E-state index in [4.69, 9.17) is 27.9 Å². The van der Waals surface area contributed by atoms with Crippen LogP contribution in [0.4, 0.5) is 5.69 Å². The molecule has 0 fully saturated rings. The second kappa shape index (κ2) is 6.19. The van der Waals surface area contributed by atoms with Crippen LogP contribution in [0.1, 0.15) is 5.56 Å². The summed E-state index contributed by atoms with van der Waals surface area (Å²) in [5.74, 6) is -1.88. The van der Waals surface area contributed by atoms with Crippen LogP contribution in [0.5, 0.6) is 5.75 Å². The number of benzene rings is 2. The SMILES string of the molecule is COc1ccccc1C1=C(O)C(=O)N(c2cc(Cl)ccc2Cl)C1=O. The first-order chi connectivity index (χ1) is 11.5. The van der Waals surface area contributed by atoms with Crippen molar-refractivity contribution in [1.29, 1.82) is 0 Å². The summed E-state index contributed by atoms with van der Waals surface area (Å²) in [6.07, 6.45) is 0. The van der Waals surface area contributed by atoms with Gasteiger partial charge in [-0.25, -0.2) is 4.90 Å². The van der Waals surface area contributed by atoms with E-state index in [1.807, 2.05) is 0 Å². The minimum Gasteiger partial charge on any atom is -0.502 e. The number of aliphatic hydroxyl groups is 1. The summed E-state index contributed by atoms with van der Waals surface area (Å²) in [4.78, 5) is 26.0. The Kier molecular flexibility index (Phi) is 4.22. The molecule has 3 rings (SSSR count). The second-order valence-electron chi connectivity index (χ2n) is 4.97. The highest BCUT2D eigenvalue weighted by Gasteiger charge is 2.42. The second-order valence-corrected chi connectivity index (χ2v) is 5.81. The number of para-hydroxylation sites is 1. The van der Waals surface area contributed by atoms with Crippen LogP contribution in [0.25, 0.3) is 5.57 Å². The number of imide groups is 1. The van der Waals surface area contributed by atoms with E-state index < -0.39 is 17.6 Å². The topological polar surface area (TPSA) is 66.8 Å². The number of methoxy groups -OCH3 is 1. The van der Waals surface area contributed by atoms with Crippen LogP contribution < -0.4 is 9.64 Å². The average molecular weight is 364 g/mol. The number of rotatable bonds is 3. The molecule has 2 aromatic rings. The Labute approximate surface area is 147 Å². The number of hydrogen-bond donors (Lipinski definition) is 1. The van der Waals surface area contributed by atoms with Gasteiger partial charge in [0.25, 0.3) is 5.91 Å². The largest absolute Gasteiger partial charge is 0.502 e. The number of halogens is 2. The van der Waals surface area contributed by atoms with Gasteiger partial charge in [-0.3, -0.25) is 9.59 Å². The summed E-state index contributed by atoms with van der Waals surface area (Å²) >= 11 is 12.0. The van der Waals surface area contributed by atoms with Gasteiger partial charge in [0.15, 0.2) is 5.76 Å². The maximum atomic E-state index is 12.8. The molecule has 1 N–H and O–H groups in total. The van der Waals surface area contributed by atoms with E-state index in [9.17, 15) is 14.7 Å². The summed E-state index contributed by atoms with van der Waals surface area (Å²) < 4.78 is 5.20. The number of carbonyl (C=O) groups excluding carboxylic acids is 2. The fourth-order valence-corrected chi connectivity index (χ4v) is 2.86. The maximum Gasteiger partial charge on any atom is 0.301 e. The molecule has 1 heterocycles. The van der Waals surface area contributed by atoms with Crippen LogP contribution in [0.15, 0.2) is 48.2 Å². The lowest BCUT2D eigenvalue weighted by molar-refractivity contribution is -0.121. The lowest BCUT2D eigenvalue weighted by atomic mass is 10.0. The zero-order valence-electron chi connectivity index (χ0n) is 12.4. The van der Waals surface area contributed by atoms with E-state index in [1.165, 1.54) is 25.3 Å². The highest BCUT2D eigenvalue weighted by Crippen LogP contribution is 2.38. The van der Waals surface area contributed by atoms with Gasteiger partial charge in [-0.15, -0.1) is 0 Å². The molecule has 0 spiro atoms. The smallest absolute Gasteiger partial charge is 0.301 e. The standard InChI is InChI=1S/C17H11Cl2NO4/c1-24-13-5-3-2-4-10(13)14-15(21)17(23)20(16(14)22)12-8-9(18)6-7-11(12)19/h2-8,21H,1H3. The molecule has 0 saturated carbocycles. The van der Waals surface area contributed by atoms with Gasteiger partial charge in [-0.1, -0.05) is 41.4 Å². The summed E-state index contributed by atoms with van der Waals surface area (Å²) in [6, 6.07) is 11.0. The van der Waals surface area contributed by atoms with Crippen LogP contribution in [0, 0.1) is 0 Å². The van der Waals surface area contributed by atoms with Crippen molar-refractivity contribution < 1.29 is 19.4 Å². The van der Waals surface area contributed by atoms with Crippen molar-refractivity contribution in [3.63, 3.8) is 0 Å². The van der Waals surface area contributed by atoms with Crippen molar-refractivity contribution in [2.45, 2.75) is 0 Å². The first-order valence-corrected chi connectivity index (χ1v) is 7.61. The molecule has 0 radical (unpaired) electrons. The van der Waals surface area contributed by atoms with Crippen LogP contribution in [0.3, 0.4) is 0 Å². The molecule has 24 heavy (non-hydrogen) atoms. The molecule has 0 saturated heterocycles. The van der Waals surface area contributed by atoms with E-state index in [-0.39, 0.29) is 16.3 Å². The first kappa shape index (κ1) is 16.4. The molecule has 0 bridgehead atoms. The average Bonchev–Trinajstić information content (AvgIpc) is 2.79. The Hall–Kier alpha value is -2.50. The molecular weight excluding hydrogens is 353 g/mol. The molecule has 1 aliphatic heterocycles. The fraction of sp³-hybridized carbons (Fsp3) is 0.0588. The fourth-order valence-electron chi connectivity index (χ4n) is 2.49. The molecule has 0 aromatic heterocycles. The first-order valence-electron chi connectivity index (χ1n) is 6.86. The number of nitrogens with zero attached hydrogens (tertiary/aromatic N) is 1. The van der Waals surface area contributed by atoms with Crippen molar-refractivity contribution >= 4 is 46.3 Å². The van der Waals surface area contributed by atoms with Gasteiger partial charge in [0, 0.05) is 10.6 Å². The molecule has 122 valence electrons. The van der Waals surface area contributed by atoms with Crippen molar-refractivity contribution in [3.05, 3.63) is 63.8 Å². The Balaban J connectivity index is 2.13. The Bertz CT molecular complexity index is 892. The third-order valence-corrected chi connectivity index (χ3v) is 4.14. The highest BCUT2D eigenvalue weighted by atomic mass is 35.5. The molecule has 1 aliphatic rings. The molecule has 7 heteroatoms. The lowest BCUT2D eigenvalue weighted by Gasteiger charge is -2.16. The minimum atomic E-state index is -0.870. The van der Waals surface area contributed by atoms with Crippen molar-refractivity contribution in [3.8, 4) is 5.75 Å². The van der Waals surface area contributed by atoms with Crippen LogP contribution >= 0.6 is 23.2 Å². The predicted molar refractivity (Wildman–Crippen MR) is 91.5 cm³/mol. The number of amides is 2. The van der Waals surface area contributed by atoms with Gasteiger partial charge in [0.2, 0.25) is 0 Å². The number of anilines is 1. The van der Waals surface area contributed by atoms with Gasteiger partial charge >= 0.3 is 5.91 Å². The van der Waals surface area contributed by atoms with Crippen molar-refractivity contribution in [2.75, 3.05) is 12.0 Å². The number of aliphatic hydroxyl groups excluding tert-OH is 1. The third-order valence-electron chi connectivity index (χ3n) is 3.58. The Morgan fingerprint density at radius 3 is 2.46 bits per heavy atom. The van der Waals surface area contributed by atoms with E-state index in [0.717, 1.165) is 4.90 Å². The van der Waals surface area contributed by atoms with Crippen LogP contribution in [-0.2, 0) is 9.59 Å². The van der Waals surface area contributed by atoms with Gasteiger partial charge < -0.3 is 9.84 Å². The maximum absolute atomic E-state index is 12.8. The molecule has 0 aliphatic carbocycles. The Morgan fingerprint density at radius 1 is 1.04 bits per heavy atom. The number of hydrogen-bond acceptors (Lipinski definition) is 4. The van der Waals surface area contributed by atoms with Crippen molar-refractivity contribution in [2.24, 2.45) is 0 Å².